The maximum Gasteiger partial charge on any atom is 0.244 e. The van der Waals surface area contributed by atoms with Gasteiger partial charge in [-0.15, -0.1) is 11.3 Å². The predicted octanol–water partition coefficient (Wildman–Crippen LogP) is 4.20. The number of benzene rings is 2. The molecule has 0 fully saturated rings. The molecular weight excluding hydrogens is 472 g/mol. The summed E-state index contributed by atoms with van der Waals surface area (Å²) < 4.78 is 23.5. The summed E-state index contributed by atoms with van der Waals surface area (Å²) in [5.41, 5.74) is 2.05. The molecule has 1 amide bonds. The predicted molar refractivity (Wildman–Crippen MR) is 121 cm³/mol. The van der Waals surface area contributed by atoms with Crippen LogP contribution >= 0.6 is 27.3 Å². The van der Waals surface area contributed by atoms with Crippen LogP contribution in [0.4, 0.5) is 0 Å². The fourth-order valence-corrected chi connectivity index (χ4v) is 4.30. The van der Waals surface area contributed by atoms with Gasteiger partial charge in [0, 0.05) is 26.8 Å². The molecule has 2 aromatic carbocycles. The van der Waals surface area contributed by atoms with E-state index in [1.54, 1.807) is 29.5 Å². The molecule has 0 aliphatic rings. The maximum absolute atomic E-state index is 12.0. The topological polar surface area (TPSA) is 89.3 Å². The number of nitrogens with two attached hydrogens (primary N) is 1. The van der Waals surface area contributed by atoms with Gasteiger partial charge < -0.3 is 5.32 Å². The second-order valence-electron chi connectivity index (χ2n) is 6.27. The van der Waals surface area contributed by atoms with Gasteiger partial charge in [-0.25, -0.2) is 13.6 Å². The van der Waals surface area contributed by atoms with E-state index in [1.165, 1.54) is 18.2 Å². The minimum atomic E-state index is -3.69. The lowest BCUT2D eigenvalue weighted by Gasteiger charge is -2.04. The summed E-state index contributed by atoms with van der Waals surface area (Å²) in [6.07, 6.45) is 3.90. The van der Waals surface area contributed by atoms with E-state index < -0.39 is 10.0 Å². The van der Waals surface area contributed by atoms with Gasteiger partial charge in [-0.05, 0) is 60.0 Å². The lowest BCUT2D eigenvalue weighted by molar-refractivity contribution is -0.116. The van der Waals surface area contributed by atoms with E-state index in [1.807, 2.05) is 36.4 Å². The molecule has 1 heterocycles. The minimum Gasteiger partial charge on any atom is -0.352 e. The number of nitrogens with one attached hydrogen (secondary N) is 1. The van der Waals surface area contributed by atoms with Crippen molar-refractivity contribution >= 4 is 49.3 Å². The molecule has 0 spiro atoms. The van der Waals surface area contributed by atoms with Crippen LogP contribution in [0.2, 0.25) is 0 Å². The van der Waals surface area contributed by atoms with Gasteiger partial charge in [0.2, 0.25) is 15.9 Å². The highest BCUT2D eigenvalue weighted by Gasteiger charge is 2.07. The zero-order chi connectivity index (χ0) is 20.9. The Morgan fingerprint density at radius 3 is 2.38 bits per heavy atom. The summed E-state index contributed by atoms with van der Waals surface area (Å²) in [6, 6.07) is 18.4. The Hall–Kier alpha value is -2.26. The Morgan fingerprint density at radius 1 is 1.03 bits per heavy atom. The highest BCUT2D eigenvalue weighted by atomic mass is 79.9. The van der Waals surface area contributed by atoms with Crippen LogP contribution in [-0.2, 0) is 21.2 Å². The van der Waals surface area contributed by atoms with E-state index in [-0.39, 0.29) is 10.8 Å². The van der Waals surface area contributed by atoms with Crippen LogP contribution in [0.5, 0.6) is 0 Å². The molecular formula is C21H19BrN2O3S2. The molecule has 1 aromatic heterocycles. The molecule has 0 bridgehead atoms. The third-order valence-electron chi connectivity index (χ3n) is 4.12. The molecule has 0 radical (unpaired) electrons. The maximum atomic E-state index is 12.0. The number of carbonyl (C=O) groups excluding carboxylic acids is 1. The van der Waals surface area contributed by atoms with Gasteiger partial charge in [-0.3, -0.25) is 4.79 Å². The van der Waals surface area contributed by atoms with E-state index in [2.05, 4.69) is 21.2 Å². The van der Waals surface area contributed by atoms with Crippen molar-refractivity contribution in [2.75, 3.05) is 6.54 Å². The number of amides is 1. The molecule has 0 aliphatic carbocycles. The van der Waals surface area contributed by atoms with Crippen molar-refractivity contribution in [3.8, 4) is 10.4 Å². The van der Waals surface area contributed by atoms with Crippen molar-refractivity contribution in [2.24, 2.45) is 5.14 Å². The fraction of sp³-hybridized carbons (Fsp3) is 0.0952. The highest BCUT2D eigenvalue weighted by molar-refractivity contribution is 9.10. The first kappa shape index (κ1) is 21.4. The Kier molecular flexibility index (Phi) is 7.02. The van der Waals surface area contributed by atoms with Crippen molar-refractivity contribution in [3.63, 3.8) is 0 Å². The number of thiophene rings is 1. The van der Waals surface area contributed by atoms with E-state index in [0.29, 0.717) is 13.0 Å². The molecule has 0 atom stereocenters. The summed E-state index contributed by atoms with van der Waals surface area (Å²) in [4.78, 5) is 14.2. The smallest absolute Gasteiger partial charge is 0.244 e. The van der Waals surface area contributed by atoms with Crippen molar-refractivity contribution in [1.82, 2.24) is 5.32 Å². The average molecular weight is 491 g/mol. The second kappa shape index (κ2) is 9.49. The quantitative estimate of drug-likeness (QED) is 0.486. The van der Waals surface area contributed by atoms with Crippen LogP contribution in [0.25, 0.3) is 16.5 Å². The van der Waals surface area contributed by atoms with E-state index in [4.69, 9.17) is 5.14 Å². The van der Waals surface area contributed by atoms with Gasteiger partial charge in [0.1, 0.15) is 0 Å². The number of carbonyl (C=O) groups is 1. The molecule has 3 N–H and O–H groups in total. The number of hydrogen-bond donors (Lipinski definition) is 2. The molecule has 5 nitrogen and oxygen atoms in total. The first-order valence-electron chi connectivity index (χ1n) is 8.75. The standard InChI is InChI=1S/C21H19BrN2O3S2/c22-17-5-3-16(4-6-17)20-11-7-18(28-20)8-12-21(25)24-14-13-15-1-9-19(10-2-15)29(23,26)27/h1-12H,13-14H2,(H,24,25)(H2,23,26,27)/b12-8+. The number of primary sulfonamides is 1. The van der Waals surface area contributed by atoms with Crippen LogP contribution in [0.15, 0.2) is 76.1 Å². The van der Waals surface area contributed by atoms with Gasteiger partial charge in [-0.1, -0.05) is 40.2 Å². The van der Waals surface area contributed by atoms with Crippen LogP contribution in [0.1, 0.15) is 10.4 Å². The lowest BCUT2D eigenvalue weighted by atomic mass is 10.1. The van der Waals surface area contributed by atoms with E-state index in [0.717, 1.165) is 25.4 Å². The summed E-state index contributed by atoms with van der Waals surface area (Å²) in [7, 11) is -3.69. The number of sulfonamides is 1. The van der Waals surface area contributed by atoms with Gasteiger partial charge in [0.25, 0.3) is 0 Å². The SMILES string of the molecule is NS(=O)(=O)c1ccc(CCNC(=O)/C=C/c2ccc(-c3ccc(Br)cc3)s2)cc1. The first-order valence-corrected chi connectivity index (χ1v) is 11.9. The Bertz CT molecular complexity index is 1120. The largest absolute Gasteiger partial charge is 0.352 e. The van der Waals surface area contributed by atoms with E-state index >= 15 is 0 Å². The molecule has 3 aromatic rings. The van der Waals surface area contributed by atoms with Gasteiger partial charge in [0.15, 0.2) is 0 Å². The Labute approximate surface area is 182 Å². The first-order chi connectivity index (χ1) is 13.8. The summed E-state index contributed by atoms with van der Waals surface area (Å²) >= 11 is 5.05. The minimum absolute atomic E-state index is 0.0756. The fourth-order valence-electron chi connectivity index (χ4n) is 2.60. The van der Waals surface area contributed by atoms with Gasteiger partial charge >= 0.3 is 0 Å². The number of hydrogen-bond acceptors (Lipinski definition) is 4. The van der Waals surface area contributed by atoms with Crippen molar-refractivity contribution in [2.45, 2.75) is 11.3 Å². The number of halogens is 1. The molecule has 3 rings (SSSR count). The van der Waals surface area contributed by atoms with Crippen molar-refractivity contribution in [3.05, 3.63) is 81.7 Å². The summed E-state index contributed by atoms with van der Waals surface area (Å²) in [6.45, 7) is 0.451. The monoisotopic (exact) mass is 490 g/mol. The zero-order valence-electron chi connectivity index (χ0n) is 15.3. The van der Waals surface area contributed by atoms with Gasteiger partial charge in [-0.2, -0.15) is 0 Å². The molecule has 0 saturated heterocycles. The average Bonchev–Trinajstić information content (AvgIpc) is 3.16. The lowest BCUT2D eigenvalue weighted by Crippen LogP contribution is -2.23. The highest BCUT2D eigenvalue weighted by Crippen LogP contribution is 2.29. The molecule has 29 heavy (non-hydrogen) atoms. The zero-order valence-corrected chi connectivity index (χ0v) is 18.6. The Morgan fingerprint density at radius 2 is 1.72 bits per heavy atom. The third kappa shape index (κ3) is 6.37. The molecule has 0 saturated carbocycles. The molecule has 8 heteroatoms. The molecule has 150 valence electrons. The molecule has 0 unspecified atom stereocenters. The van der Waals surface area contributed by atoms with Gasteiger partial charge in [0.05, 0.1) is 4.90 Å². The van der Waals surface area contributed by atoms with Crippen LogP contribution in [0.3, 0.4) is 0 Å². The Balaban J connectivity index is 1.49. The summed E-state index contributed by atoms with van der Waals surface area (Å²) in [5, 5.41) is 7.90. The summed E-state index contributed by atoms with van der Waals surface area (Å²) in [5.74, 6) is -0.176. The molecule has 0 aliphatic heterocycles. The normalized spacial score (nSPS) is 11.7. The van der Waals surface area contributed by atoms with E-state index in [9.17, 15) is 13.2 Å². The van der Waals surface area contributed by atoms with Crippen LogP contribution in [0, 0.1) is 0 Å². The second-order valence-corrected chi connectivity index (χ2v) is 9.86. The third-order valence-corrected chi connectivity index (χ3v) is 6.68. The van der Waals surface area contributed by atoms with Crippen LogP contribution < -0.4 is 10.5 Å². The van der Waals surface area contributed by atoms with Crippen molar-refractivity contribution < 1.29 is 13.2 Å². The van der Waals surface area contributed by atoms with Crippen molar-refractivity contribution in [1.29, 1.82) is 0 Å². The number of rotatable bonds is 7. The van der Waals surface area contributed by atoms with Crippen LogP contribution in [-0.4, -0.2) is 20.9 Å².